The first-order valence-corrected chi connectivity index (χ1v) is 10.8. The summed E-state index contributed by atoms with van der Waals surface area (Å²) in [6.07, 6.45) is 4.78. The number of likely N-dealkylation sites (tertiary alicyclic amines) is 1. The molecule has 1 aromatic heterocycles. The monoisotopic (exact) mass is 425 g/mol. The lowest BCUT2D eigenvalue weighted by Gasteiger charge is -2.33. The van der Waals surface area contributed by atoms with Crippen LogP contribution >= 0.6 is 0 Å². The SMILES string of the molecule is CN=C(NCCc1c[nH]c2ccc(F)cc12)NC1CCN(Cc2ccc(F)cc2)CC1. The standard InChI is InChI=1S/C24H29F2N5/c1-27-24(28-11-8-18-15-29-23-7-6-20(26)14-22(18)23)30-21-9-12-31(13-10-21)16-17-2-4-19(25)5-3-17/h2-7,14-15,21,29H,8-13,16H2,1H3,(H2,27,28,30). The van der Waals surface area contributed by atoms with Gasteiger partial charge in [0.15, 0.2) is 5.96 Å². The van der Waals surface area contributed by atoms with Crippen molar-refractivity contribution >= 4 is 16.9 Å². The summed E-state index contributed by atoms with van der Waals surface area (Å²) in [6.45, 7) is 3.55. The van der Waals surface area contributed by atoms with Gasteiger partial charge in [-0.15, -0.1) is 0 Å². The number of piperidine rings is 1. The van der Waals surface area contributed by atoms with Crippen LogP contribution in [0.2, 0.25) is 0 Å². The first kappa shape index (κ1) is 21.3. The zero-order valence-electron chi connectivity index (χ0n) is 17.8. The fourth-order valence-corrected chi connectivity index (χ4v) is 4.14. The summed E-state index contributed by atoms with van der Waals surface area (Å²) >= 11 is 0. The Bertz CT molecular complexity index is 1020. The number of aromatic nitrogens is 1. The summed E-state index contributed by atoms with van der Waals surface area (Å²) in [4.78, 5) is 9.94. The molecule has 3 aromatic rings. The Morgan fingerprint density at radius 1 is 1.10 bits per heavy atom. The highest BCUT2D eigenvalue weighted by Gasteiger charge is 2.20. The summed E-state index contributed by atoms with van der Waals surface area (Å²) in [6, 6.07) is 11.9. The topological polar surface area (TPSA) is 55.5 Å². The van der Waals surface area contributed by atoms with E-state index in [2.05, 4.69) is 25.5 Å². The van der Waals surface area contributed by atoms with E-state index in [0.717, 1.165) is 66.9 Å². The van der Waals surface area contributed by atoms with Crippen molar-refractivity contribution in [2.24, 2.45) is 4.99 Å². The average molecular weight is 426 g/mol. The lowest BCUT2D eigenvalue weighted by atomic mass is 10.0. The number of fused-ring (bicyclic) bond motifs is 1. The number of guanidine groups is 1. The molecule has 2 aromatic carbocycles. The highest BCUT2D eigenvalue weighted by molar-refractivity contribution is 5.83. The fraction of sp³-hybridized carbons (Fsp3) is 0.375. The predicted octanol–water partition coefficient (Wildman–Crippen LogP) is 3.82. The maximum Gasteiger partial charge on any atom is 0.191 e. The molecule has 7 heteroatoms. The Hall–Kier alpha value is -2.93. The van der Waals surface area contributed by atoms with Gasteiger partial charge in [0.2, 0.25) is 0 Å². The van der Waals surface area contributed by atoms with Gasteiger partial charge in [0.25, 0.3) is 0 Å². The van der Waals surface area contributed by atoms with Crippen molar-refractivity contribution in [3.8, 4) is 0 Å². The number of rotatable bonds is 6. The third-order valence-electron chi connectivity index (χ3n) is 5.89. The predicted molar refractivity (Wildman–Crippen MR) is 121 cm³/mol. The van der Waals surface area contributed by atoms with Crippen LogP contribution in [0.15, 0.2) is 53.7 Å². The average Bonchev–Trinajstić information content (AvgIpc) is 3.18. The summed E-state index contributed by atoms with van der Waals surface area (Å²) in [5.41, 5.74) is 3.18. The van der Waals surface area contributed by atoms with Crippen LogP contribution in [0.1, 0.15) is 24.0 Å². The van der Waals surface area contributed by atoms with Gasteiger partial charge < -0.3 is 15.6 Å². The molecule has 31 heavy (non-hydrogen) atoms. The van der Waals surface area contributed by atoms with Crippen LogP contribution in [0.25, 0.3) is 10.9 Å². The minimum absolute atomic E-state index is 0.192. The Kier molecular flexibility index (Phi) is 6.82. The number of aromatic amines is 1. The van der Waals surface area contributed by atoms with Crippen LogP contribution in [-0.4, -0.2) is 48.6 Å². The van der Waals surface area contributed by atoms with E-state index in [9.17, 15) is 8.78 Å². The maximum absolute atomic E-state index is 13.5. The van der Waals surface area contributed by atoms with Crippen molar-refractivity contribution in [2.45, 2.75) is 31.8 Å². The van der Waals surface area contributed by atoms with Crippen LogP contribution in [0.4, 0.5) is 8.78 Å². The van der Waals surface area contributed by atoms with Crippen LogP contribution in [-0.2, 0) is 13.0 Å². The first-order chi connectivity index (χ1) is 15.1. The molecule has 5 nitrogen and oxygen atoms in total. The van der Waals surface area contributed by atoms with Crippen molar-refractivity contribution in [2.75, 3.05) is 26.7 Å². The van der Waals surface area contributed by atoms with Crippen molar-refractivity contribution in [3.63, 3.8) is 0 Å². The molecule has 1 fully saturated rings. The molecule has 1 aliphatic heterocycles. The molecule has 1 saturated heterocycles. The van der Waals surface area contributed by atoms with Gasteiger partial charge in [0, 0.05) is 56.4 Å². The van der Waals surface area contributed by atoms with Gasteiger partial charge in [-0.2, -0.15) is 0 Å². The van der Waals surface area contributed by atoms with Crippen LogP contribution in [0.3, 0.4) is 0 Å². The van der Waals surface area contributed by atoms with E-state index in [-0.39, 0.29) is 11.6 Å². The zero-order valence-corrected chi connectivity index (χ0v) is 17.8. The van der Waals surface area contributed by atoms with Gasteiger partial charge >= 0.3 is 0 Å². The first-order valence-electron chi connectivity index (χ1n) is 10.8. The second-order valence-corrected chi connectivity index (χ2v) is 8.07. The van der Waals surface area contributed by atoms with Crippen molar-refractivity contribution in [1.82, 2.24) is 20.5 Å². The molecule has 0 bridgehead atoms. The molecule has 0 unspecified atom stereocenters. The van der Waals surface area contributed by atoms with Gasteiger partial charge in [-0.05, 0) is 60.7 Å². The summed E-state index contributed by atoms with van der Waals surface area (Å²) in [5.74, 6) is 0.384. The lowest BCUT2D eigenvalue weighted by molar-refractivity contribution is 0.198. The van der Waals surface area contributed by atoms with Gasteiger partial charge in [-0.3, -0.25) is 9.89 Å². The molecular formula is C24H29F2N5. The number of nitrogens with zero attached hydrogens (tertiary/aromatic N) is 2. The van der Waals surface area contributed by atoms with Crippen LogP contribution < -0.4 is 10.6 Å². The number of H-pyrrole nitrogens is 1. The van der Waals surface area contributed by atoms with Gasteiger partial charge in [-0.25, -0.2) is 8.78 Å². The number of hydrogen-bond acceptors (Lipinski definition) is 2. The molecule has 0 radical (unpaired) electrons. The van der Waals surface area contributed by atoms with E-state index in [1.54, 1.807) is 19.2 Å². The third kappa shape index (κ3) is 5.61. The largest absolute Gasteiger partial charge is 0.361 e. The molecular weight excluding hydrogens is 396 g/mol. The Balaban J connectivity index is 1.21. The molecule has 0 saturated carbocycles. The molecule has 164 valence electrons. The minimum Gasteiger partial charge on any atom is -0.361 e. The summed E-state index contributed by atoms with van der Waals surface area (Å²) in [7, 11) is 1.78. The maximum atomic E-state index is 13.5. The van der Waals surface area contributed by atoms with Gasteiger partial charge in [0.05, 0.1) is 0 Å². The molecule has 2 heterocycles. The number of halogens is 2. The van der Waals surface area contributed by atoms with E-state index < -0.39 is 0 Å². The molecule has 0 spiro atoms. The van der Waals surface area contributed by atoms with Crippen molar-refractivity contribution < 1.29 is 8.78 Å². The fourth-order valence-electron chi connectivity index (χ4n) is 4.14. The van der Waals surface area contributed by atoms with Crippen LogP contribution in [0.5, 0.6) is 0 Å². The molecule has 0 amide bonds. The lowest BCUT2D eigenvalue weighted by Crippen LogP contribution is -2.48. The van der Waals surface area contributed by atoms with Crippen molar-refractivity contribution in [3.05, 3.63) is 71.4 Å². The smallest absolute Gasteiger partial charge is 0.191 e. The number of aliphatic imine (C=N–C) groups is 1. The molecule has 0 atom stereocenters. The Morgan fingerprint density at radius 3 is 2.58 bits per heavy atom. The number of benzene rings is 2. The minimum atomic E-state index is -0.218. The third-order valence-corrected chi connectivity index (χ3v) is 5.89. The van der Waals surface area contributed by atoms with E-state index >= 15 is 0 Å². The summed E-state index contributed by atoms with van der Waals surface area (Å²) in [5, 5.41) is 7.82. The highest BCUT2D eigenvalue weighted by atomic mass is 19.1. The molecule has 3 N–H and O–H groups in total. The van der Waals surface area contributed by atoms with E-state index in [0.29, 0.717) is 12.6 Å². The van der Waals surface area contributed by atoms with Gasteiger partial charge in [-0.1, -0.05) is 12.1 Å². The highest BCUT2D eigenvalue weighted by Crippen LogP contribution is 2.19. The molecule has 1 aliphatic rings. The molecule has 0 aliphatic carbocycles. The quantitative estimate of drug-likeness (QED) is 0.416. The second kappa shape index (κ2) is 9.92. The zero-order chi connectivity index (χ0) is 21.6. The van der Waals surface area contributed by atoms with Crippen LogP contribution in [0, 0.1) is 11.6 Å². The Morgan fingerprint density at radius 2 is 1.84 bits per heavy atom. The summed E-state index contributed by atoms with van der Waals surface area (Å²) < 4.78 is 26.6. The Labute approximate surface area is 181 Å². The van der Waals surface area contributed by atoms with E-state index in [1.807, 2.05) is 18.3 Å². The molecule has 4 rings (SSSR count). The second-order valence-electron chi connectivity index (χ2n) is 8.07. The van der Waals surface area contributed by atoms with Gasteiger partial charge in [0.1, 0.15) is 11.6 Å². The number of nitrogens with one attached hydrogen (secondary N) is 3. The van der Waals surface area contributed by atoms with Crippen molar-refractivity contribution in [1.29, 1.82) is 0 Å². The van der Waals surface area contributed by atoms with E-state index in [1.165, 1.54) is 18.2 Å². The van der Waals surface area contributed by atoms with E-state index in [4.69, 9.17) is 0 Å². The normalized spacial score (nSPS) is 16.0. The number of hydrogen-bond donors (Lipinski definition) is 3.